The highest BCUT2D eigenvalue weighted by Crippen LogP contribution is 2.37. The molecule has 0 saturated heterocycles. The predicted molar refractivity (Wildman–Crippen MR) is 135 cm³/mol. The van der Waals surface area contributed by atoms with E-state index >= 15 is 0 Å². The summed E-state index contributed by atoms with van der Waals surface area (Å²) in [7, 11) is 0. The molecule has 5 nitrogen and oxygen atoms in total. The van der Waals surface area contributed by atoms with Crippen molar-refractivity contribution < 1.29 is 14.7 Å². The summed E-state index contributed by atoms with van der Waals surface area (Å²) in [6.07, 6.45) is 5.12. The van der Waals surface area contributed by atoms with E-state index in [9.17, 15) is 9.59 Å². The molecular formula is C29H32N2O3. The quantitative estimate of drug-likeness (QED) is 0.422. The van der Waals surface area contributed by atoms with Gasteiger partial charge in [-0.1, -0.05) is 79.6 Å². The minimum Gasteiger partial charge on any atom is -0.480 e. The van der Waals surface area contributed by atoms with E-state index in [0.717, 1.165) is 5.56 Å². The van der Waals surface area contributed by atoms with Crippen molar-refractivity contribution in [1.82, 2.24) is 5.32 Å². The van der Waals surface area contributed by atoms with Crippen LogP contribution in [0.15, 0.2) is 78.9 Å². The summed E-state index contributed by atoms with van der Waals surface area (Å²) < 4.78 is 0. The van der Waals surface area contributed by atoms with Crippen molar-refractivity contribution in [2.24, 2.45) is 11.7 Å². The molecule has 34 heavy (non-hydrogen) atoms. The summed E-state index contributed by atoms with van der Waals surface area (Å²) in [5.41, 5.74) is 10.6. The van der Waals surface area contributed by atoms with Gasteiger partial charge in [0.25, 0.3) is 5.91 Å². The number of hydrogen-bond donors (Lipinski definition) is 3. The summed E-state index contributed by atoms with van der Waals surface area (Å²) in [6, 6.07) is 25.2. The second-order valence-corrected chi connectivity index (χ2v) is 9.19. The Morgan fingerprint density at radius 1 is 0.882 bits per heavy atom. The number of amides is 1. The first-order chi connectivity index (χ1) is 16.5. The van der Waals surface area contributed by atoms with Crippen LogP contribution in [0.5, 0.6) is 0 Å². The number of carboxylic acid groups (broad SMARTS) is 1. The molecule has 1 amide bonds. The Bertz CT molecular complexity index is 1090. The Balaban J connectivity index is 1.42. The number of nitrogens with one attached hydrogen (secondary N) is 1. The van der Waals surface area contributed by atoms with E-state index in [1.807, 2.05) is 18.2 Å². The zero-order valence-electron chi connectivity index (χ0n) is 19.3. The number of carbonyl (C=O) groups is 2. The van der Waals surface area contributed by atoms with Gasteiger partial charge in [-0.05, 0) is 59.6 Å². The van der Waals surface area contributed by atoms with E-state index in [0.29, 0.717) is 18.0 Å². The van der Waals surface area contributed by atoms with Gasteiger partial charge in [0, 0.05) is 18.0 Å². The molecule has 1 aliphatic carbocycles. The van der Waals surface area contributed by atoms with Crippen LogP contribution >= 0.6 is 0 Å². The first-order valence-electron chi connectivity index (χ1n) is 12.0. The molecule has 0 heterocycles. The molecule has 0 spiro atoms. The van der Waals surface area contributed by atoms with E-state index in [1.165, 1.54) is 42.4 Å². The Kier molecular flexibility index (Phi) is 7.76. The molecule has 1 fully saturated rings. The van der Waals surface area contributed by atoms with Gasteiger partial charge in [-0.3, -0.25) is 9.59 Å². The molecule has 2 unspecified atom stereocenters. The lowest BCUT2D eigenvalue weighted by atomic mass is 9.84. The van der Waals surface area contributed by atoms with E-state index in [-0.39, 0.29) is 18.2 Å². The summed E-state index contributed by atoms with van der Waals surface area (Å²) in [6.45, 7) is 0.597. The Labute approximate surface area is 201 Å². The summed E-state index contributed by atoms with van der Waals surface area (Å²) in [4.78, 5) is 23.8. The van der Waals surface area contributed by atoms with Crippen LogP contribution in [0.25, 0.3) is 11.1 Å². The third-order valence-corrected chi connectivity index (χ3v) is 6.89. The normalized spacial score (nSPS) is 15.6. The fourth-order valence-electron chi connectivity index (χ4n) is 4.91. The van der Waals surface area contributed by atoms with Crippen molar-refractivity contribution in [3.8, 4) is 11.1 Å². The lowest BCUT2D eigenvalue weighted by Gasteiger charge is -2.25. The van der Waals surface area contributed by atoms with Crippen LogP contribution in [0.2, 0.25) is 0 Å². The molecule has 1 aliphatic rings. The summed E-state index contributed by atoms with van der Waals surface area (Å²) >= 11 is 0. The van der Waals surface area contributed by atoms with Gasteiger partial charge in [0.1, 0.15) is 6.04 Å². The van der Waals surface area contributed by atoms with Crippen LogP contribution in [0.3, 0.4) is 0 Å². The van der Waals surface area contributed by atoms with Gasteiger partial charge >= 0.3 is 5.97 Å². The zero-order chi connectivity index (χ0) is 23.9. The van der Waals surface area contributed by atoms with E-state index in [2.05, 4.69) is 41.7 Å². The maximum Gasteiger partial charge on any atom is 0.320 e. The largest absolute Gasteiger partial charge is 0.480 e. The van der Waals surface area contributed by atoms with Gasteiger partial charge < -0.3 is 16.2 Å². The van der Waals surface area contributed by atoms with Crippen LogP contribution in [0.4, 0.5) is 0 Å². The van der Waals surface area contributed by atoms with Crippen molar-refractivity contribution in [3.05, 3.63) is 95.6 Å². The standard InChI is InChI=1S/C29H32N2O3/c30-27(29(33)34)18-20-10-12-25(13-11-20)28(32)31-19-26(23-8-4-5-9-23)24-16-14-22(15-17-24)21-6-2-1-3-7-21/h1-3,6-7,10-17,23,26-27H,4-5,8-9,18-19,30H2,(H,31,32)(H,33,34). The van der Waals surface area contributed by atoms with Crippen molar-refractivity contribution in [2.75, 3.05) is 6.54 Å². The highest BCUT2D eigenvalue weighted by molar-refractivity contribution is 5.94. The third-order valence-electron chi connectivity index (χ3n) is 6.89. The maximum absolute atomic E-state index is 12.8. The summed E-state index contributed by atoms with van der Waals surface area (Å²) in [5, 5.41) is 12.1. The van der Waals surface area contributed by atoms with Crippen molar-refractivity contribution >= 4 is 11.9 Å². The second kappa shape index (κ2) is 11.1. The number of hydrogen-bond acceptors (Lipinski definition) is 3. The minimum absolute atomic E-state index is 0.113. The summed E-state index contributed by atoms with van der Waals surface area (Å²) in [5.74, 6) is -0.290. The van der Waals surface area contributed by atoms with Crippen LogP contribution in [-0.2, 0) is 11.2 Å². The Morgan fingerprint density at radius 2 is 1.50 bits per heavy atom. The third kappa shape index (κ3) is 5.91. The smallest absolute Gasteiger partial charge is 0.320 e. The highest BCUT2D eigenvalue weighted by Gasteiger charge is 2.27. The Morgan fingerprint density at radius 3 is 2.12 bits per heavy atom. The van der Waals surface area contributed by atoms with E-state index in [1.54, 1.807) is 24.3 Å². The molecule has 176 valence electrons. The van der Waals surface area contributed by atoms with Gasteiger partial charge in [0.15, 0.2) is 0 Å². The molecule has 4 rings (SSSR count). The molecule has 0 radical (unpaired) electrons. The van der Waals surface area contributed by atoms with Gasteiger partial charge in [0.05, 0.1) is 0 Å². The molecule has 5 heteroatoms. The maximum atomic E-state index is 12.8. The molecule has 3 aromatic carbocycles. The monoisotopic (exact) mass is 456 g/mol. The van der Waals surface area contributed by atoms with Gasteiger partial charge in [0.2, 0.25) is 0 Å². The van der Waals surface area contributed by atoms with Crippen LogP contribution in [0, 0.1) is 5.92 Å². The SMILES string of the molecule is NC(Cc1ccc(C(=O)NCC(c2ccc(-c3ccccc3)cc2)C2CCCC2)cc1)C(=O)O. The fourth-order valence-corrected chi connectivity index (χ4v) is 4.91. The number of aliphatic carboxylic acids is 1. The average Bonchev–Trinajstić information content (AvgIpc) is 3.40. The van der Waals surface area contributed by atoms with Gasteiger partial charge in [-0.15, -0.1) is 0 Å². The van der Waals surface area contributed by atoms with Crippen LogP contribution in [-0.4, -0.2) is 29.6 Å². The topological polar surface area (TPSA) is 92.4 Å². The van der Waals surface area contributed by atoms with Crippen molar-refractivity contribution in [2.45, 2.75) is 44.1 Å². The number of carboxylic acids is 1. The highest BCUT2D eigenvalue weighted by atomic mass is 16.4. The zero-order valence-corrected chi connectivity index (χ0v) is 19.3. The van der Waals surface area contributed by atoms with E-state index < -0.39 is 12.0 Å². The van der Waals surface area contributed by atoms with Gasteiger partial charge in [-0.25, -0.2) is 0 Å². The molecule has 3 aromatic rings. The van der Waals surface area contributed by atoms with Crippen molar-refractivity contribution in [1.29, 1.82) is 0 Å². The van der Waals surface area contributed by atoms with E-state index in [4.69, 9.17) is 10.8 Å². The minimum atomic E-state index is -1.03. The van der Waals surface area contributed by atoms with Crippen LogP contribution < -0.4 is 11.1 Å². The molecule has 1 saturated carbocycles. The lowest BCUT2D eigenvalue weighted by molar-refractivity contribution is -0.138. The Hall–Kier alpha value is -3.44. The fraction of sp³-hybridized carbons (Fsp3) is 0.310. The number of rotatable bonds is 9. The molecule has 2 atom stereocenters. The number of nitrogens with two attached hydrogens (primary N) is 1. The van der Waals surface area contributed by atoms with Crippen molar-refractivity contribution in [3.63, 3.8) is 0 Å². The molecule has 0 aliphatic heterocycles. The van der Waals surface area contributed by atoms with Gasteiger partial charge in [-0.2, -0.15) is 0 Å². The first-order valence-corrected chi connectivity index (χ1v) is 12.0. The second-order valence-electron chi connectivity index (χ2n) is 9.19. The predicted octanol–water partition coefficient (Wildman–Crippen LogP) is 5.01. The molecule has 0 aromatic heterocycles. The lowest BCUT2D eigenvalue weighted by Crippen LogP contribution is -2.32. The average molecular weight is 457 g/mol. The number of benzene rings is 3. The molecular weight excluding hydrogens is 424 g/mol. The van der Waals surface area contributed by atoms with Crippen LogP contribution in [0.1, 0.15) is 53.1 Å². The number of carbonyl (C=O) groups excluding carboxylic acids is 1. The molecule has 4 N–H and O–H groups in total. The molecule has 0 bridgehead atoms. The first kappa shape index (κ1) is 23.7.